The minimum absolute atomic E-state index is 0.0407. The number of aromatic nitrogens is 3. The van der Waals surface area contributed by atoms with Gasteiger partial charge in [-0.1, -0.05) is 49.4 Å². The molecule has 1 saturated heterocycles. The Kier molecular flexibility index (Phi) is 6.38. The molecule has 1 fully saturated rings. The van der Waals surface area contributed by atoms with Crippen LogP contribution < -0.4 is 5.32 Å². The molecule has 0 aliphatic carbocycles. The van der Waals surface area contributed by atoms with Gasteiger partial charge in [-0.2, -0.15) is 0 Å². The summed E-state index contributed by atoms with van der Waals surface area (Å²) in [5.41, 5.74) is 1.19. The van der Waals surface area contributed by atoms with E-state index in [1.807, 2.05) is 44.2 Å². The lowest BCUT2D eigenvalue weighted by molar-refractivity contribution is -0.133. The van der Waals surface area contributed by atoms with Gasteiger partial charge in [-0.25, -0.2) is 9.07 Å². The maximum absolute atomic E-state index is 13.9. The Bertz CT molecular complexity index is 808. The molecule has 1 aromatic heterocycles. The van der Waals surface area contributed by atoms with Crippen LogP contribution in [-0.2, 0) is 17.9 Å². The highest BCUT2D eigenvalue weighted by Gasteiger charge is 2.35. The van der Waals surface area contributed by atoms with Crippen LogP contribution in [0.2, 0.25) is 0 Å². The van der Waals surface area contributed by atoms with Gasteiger partial charge in [-0.05, 0) is 11.5 Å². The number of carbonyl (C=O) groups is 2. The first-order valence-electron chi connectivity index (χ1n) is 9.58. The maximum atomic E-state index is 13.9. The third-order valence-corrected chi connectivity index (χ3v) is 4.73. The maximum Gasteiger partial charge on any atom is 0.273 e. The summed E-state index contributed by atoms with van der Waals surface area (Å²) in [7, 11) is 0. The summed E-state index contributed by atoms with van der Waals surface area (Å²) in [5, 5.41) is 10.7. The zero-order valence-electron chi connectivity index (χ0n) is 16.2. The molecule has 150 valence electrons. The predicted molar refractivity (Wildman–Crippen MR) is 102 cm³/mol. The Labute approximate surface area is 163 Å². The van der Waals surface area contributed by atoms with E-state index in [2.05, 4.69) is 15.6 Å². The zero-order valence-corrected chi connectivity index (χ0v) is 16.2. The van der Waals surface area contributed by atoms with E-state index >= 15 is 0 Å². The molecule has 0 bridgehead atoms. The molecule has 0 spiro atoms. The van der Waals surface area contributed by atoms with Gasteiger partial charge in [0.1, 0.15) is 6.17 Å². The molecule has 8 heteroatoms. The van der Waals surface area contributed by atoms with Crippen molar-refractivity contribution in [2.24, 2.45) is 5.92 Å². The average molecular weight is 387 g/mol. The Balaban J connectivity index is 1.58. The molecule has 7 nitrogen and oxygen atoms in total. The summed E-state index contributed by atoms with van der Waals surface area (Å²) in [6.45, 7) is 4.77. The van der Waals surface area contributed by atoms with Gasteiger partial charge in [-0.3, -0.25) is 9.59 Å². The molecule has 2 aromatic rings. The molecule has 28 heavy (non-hydrogen) atoms. The van der Waals surface area contributed by atoms with E-state index < -0.39 is 6.17 Å². The number of nitrogens with one attached hydrogen (secondary N) is 1. The number of carbonyl (C=O) groups excluding carboxylic acids is 2. The Hall–Kier alpha value is -2.77. The monoisotopic (exact) mass is 387 g/mol. The minimum atomic E-state index is -1.03. The molecular formula is C20H26FN5O2. The van der Waals surface area contributed by atoms with Crippen molar-refractivity contribution in [2.75, 3.05) is 6.54 Å². The molecule has 2 amide bonds. The number of rotatable bonds is 7. The number of alkyl halides is 1. The summed E-state index contributed by atoms with van der Waals surface area (Å²) in [4.78, 5) is 26.2. The van der Waals surface area contributed by atoms with Crippen molar-refractivity contribution in [3.05, 3.63) is 47.8 Å². The molecule has 0 radical (unpaired) electrons. The number of hydrogen-bond acceptors (Lipinski definition) is 4. The van der Waals surface area contributed by atoms with Gasteiger partial charge in [0.25, 0.3) is 5.91 Å². The Morgan fingerprint density at radius 3 is 2.75 bits per heavy atom. The molecule has 0 saturated carbocycles. The van der Waals surface area contributed by atoms with Gasteiger partial charge in [0.2, 0.25) is 5.91 Å². The van der Waals surface area contributed by atoms with E-state index in [-0.39, 0.29) is 42.4 Å². The van der Waals surface area contributed by atoms with Gasteiger partial charge in [0.05, 0.1) is 25.3 Å². The fraction of sp³-hybridized carbons (Fsp3) is 0.500. The molecule has 1 aliphatic heterocycles. The summed E-state index contributed by atoms with van der Waals surface area (Å²) in [6, 6.07) is 9.30. The molecule has 3 rings (SSSR count). The summed E-state index contributed by atoms with van der Waals surface area (Å²) in [6.07, 6.45) is 1.18. The predicted octanol–water partition coefficient (Wildman–Crippen LogP) is 2.19. The van der Waals surface area contributed by atoms with Crippen LogP contribution in [0.15, 0.2) is 36.5 Å². The van der Waals surface area contributed by atoms with Crippen molar-refractivity contribution < 1.29 is 14.0 Å². The lowest BCUT2D eigenvalue weighted by atomic mass is 10.1. The highest BCUT2D eigenvalue weighted by atomic mass is 19.1. The number of hydrogen-bond donors (Lipinski definition) is 1. The number of benzene rings is 1. The van der Waals surface area contributed by atoms with E-state index in [4.69, 9.17) is 0 Å². The molecule has 2 heterocycles. The van der Waals surface area contributed by atoms with Gasteiger partial charge >= 0.3 is 0 Å². The smallest absolute Gasteiger partial charge is 0.273 e. The zero-order chi connectivity index (χ0) is 20.1. The van der Waals surface area contributed by atoms with Crippen LogP contribution in [-0.4, -0.2) is 50.5 Å². The first-order valence-corrected chi connectivity index (χ1v) is 9.58. The molecule has 1 N–H and O–H groups in total. The number of nitrogens with zero attached hydrogens (tertiary/aromatic N) is 4. The first kappa shape index (κ1) is 20.0. The van der Waals surface area contributed by atoms with Crippen molar-refractivity contribution in [2.45, 2.75) is 52.0 Å². The van der Waals surface area contributed by atoms with E-state index in [9.17, 15) is 14.0 Å². The number of halogens is 1. The van der Waals surface area contributed by atoms with E-state index in [0.717, 1.165) is 5.56 Å². The third kappa shape index (κ3) is 5.15. The first-order chi connectivity index (χ1) is 13.4. The van der Waals surface area contributed by atoms with Crippen LogP contribution in [0.3, 0.4) is 0 Å². The summed E-state index contributed by atoms with van der Waals surface area (Å²) >= 11 is 0. The Morgan fingerprint density at radius 1 is 1.29 bits per heavy atom. The molecule has 2 atom stereocenters. The highest BCUT2D eigenvalue weighted by Crippen LogP contribution is 2.23. The van der Waals surface area contributed by atoms with Crippen LogP contribution in [0.1, 0.15) is 42.7 Å². The normalized spacial score (nSPS) is 19.2. The van der Waals surface area contributed by atoms with Crippen LogP contribution in [0.25, 0.3) is 0 Å². The molecular weight excluding hydrogens is 361 g/mol. The lowest BCUT2D eigenvalue weighted by Gasteiger charge is -2.24. The average Bonchev–Trinajstić information content (AvgIpc) is 3.27. The van der Waals surface area contributed by atoms with Crippen LogP contribution >= 0.6 is 0 Å². The van der Waals surface area contributed by atoms with Crippen molar-refractivity contribution in [3.8, 4) is 0 Å². The van der Waals surface area contributed by atoms with Crippen molar-refractivity contribution in [3.63, 3.8) is 0 Å². The fourth-order valence-electron chi connectivity index (χ4n) is 3.38. The molecule has 2 unspecified atom stereocenters. The topological polar surface area (TPSA) is 80.1 Å². The largest absolute Gasteiger partial charge is 0.347 e. The number of likely N-dealkylation sites (tertiary alicyclic amines) is 1. The van der Waals surface area contributed by atoms with Gasteiger partial charge in [-0.15, -0.1) is 5.10 Å². The fourth-order valence-corrected chi connectivity index (χ4v) is 3.38. The Morgan fingerprint density at radius 2 is 2.04 bits per heavy atom. The van der Waals surface area contributed by atoms with Crippen molar-refractivity contribution in [1.29, 1.82) is 0 Å². The molecule has 1 aromatic carbocycles. The SMILES string of the molecule is CC(C)CC(=O)N1CC(F)CC1Cn1cc(C(=O)NCc2ccccc2)nn1. The third-order valence-electron chi connectivity index (χ3n) is 4.73. The second-order valence-corrected chi connectivity index (χ2v) is 7.62. The van der Waals surface area contributed by atoms with E-state index in [0.29, 0.717) is 19.5 Å². The van der Waals surface area contributed by atoms with Crippen LogP contribution in [0.5, 0.6) is 0 Å². The molecule has 1 aliphatic rings. The summed E-state index contributed by atoms with van der Waals surface area (Å²) < 4.78 is 15.4. The van der Waals surface area contributed by atoms with Crippen LogP contribution in [0.4, 0.5) is 4.39 Å². The van der Waals surface area contributed by atoms with E-state index in [1.54, 1.807) is 4.90 Å². The van der Waals surface area contributed by atoms with Gasteiger partial charge in [0.15, 0.2) is 5.69 Å². The lowest BCUT2D eigenvalue weighted by Crippen LogP contribution is -2.38. The minimum Gasteiger partial charge on any atom is -0.347 e. The van der Waals surface area contributed by atoms with Gasteiger partial charge in [0, 0.05) is 19.4 Å². The standard InChI is InChI=1S/C20H26FN5O2/c1-14(2)8-19(27)26-11-16(21)9-17(26)12-25-13-18(23-24-25)20(28)22-10-15-6-4-3-5-7-15/h3-7,13-14,16-17H,8-12H2,1-2H3,(H,22,28). The van der Waals surface area contributed by atoms with E-state index in [1.165, 1.54) is 10.9 Å². The van der Waals surface area contributed by atoms with Gasteiger partial charge < -0.3 is 10.2 Å². The summed E-state index contributed by atoms with van der Waals surface area (Å²) in [5.74, 6) is -0.142. The second kappa shape index (κ2) is 8.95. The van der Waals surface area contributed by atoms with Crippen molar-refractivity contribution in [1.82, 2.24) is 25.2 Å². The highest BCUT2D eigenvalue weighted by molar-refractivity contribution is 5.91. The van der Waals surface area contributed by atoms with Crippen molar-refractivity contribution >= 4 is 11.8 Å². The van der Waals surface area contributed by atoms with Crippen LogP contribution in [0, 0.1) is 5.92 Å². The quantitative estimate of drug-likeness (QED) is 0.790. The number of amides is 2. The second-order valence-electron chi connectivity index (χ2n) is 7.62.